The summed E-state index contributed by atoms with van der Waals surface area (Å²) in [5.41, 5.74) is 2.16. The lowest BCUT2D eigenvalue weighted by Gasteiger charge is -2.21. The SMILES string of the molecule is Cc1cccc(CNC(CCCl)C(C)C)n1. The van der Waals surface area contributed by atoms with E-state index in [0.29, 0.717) is 17.8 Å². The van der Waals surface area contributed by atoms with E-state index in [2.05, 4.69) is 30.2 Å². The van der Waals surface area contributed by atoms with Gasteiger partial charge in [-0.05, 0) is 31.4 Å². The number of pyridine rings is 1. The number of rotatable bonds is 6. The molecule has 0 aromatic carbocycles. The first-order chi connectivity index (χ1) is 7.63. The lowest BCUT2D eigenvalue weighted by molar-refractivity contribution is 0.387. The predicted molar refractivity (Wildman–Crippen MR) is 69.8 cm³/mol. The second kappa shape index (κ2) is 6.87. The number of aromatic nitrogens is 1. The molecule has 1 aromatic heterocycles. The Labute approximate surface area is 103 Å². The monoisotopic (exact) mass is 240 g/mol. The van der Waals surface area contributed by atoms with E-state index in [4.69, 9.17) is 11.6 Å². The molecule has 0 radical (unpaired) electrons. The summed E-state index contributed by atoms with van der Waals surface area (Å²) >= 11 is 5.79. The Kier molecular flexibility index (Phi) is 5.78. The van der Waals surface area contributed by atoms with E-state index in [9.17, 15) is 0 Å². The number of hydrogen-bond donors (Lipinski definition) is 1. The van der Waals surface area contributed by atoms with Crippen molar-refractivity contribution in [3.63, 3.8) is 0 Å². The van der Waals surface area contributed by atoms with Crippen molar-refractivity contribution in [2.24, 2.45) is 5.92 Å². The van der Waals surface area contributed by atoms with Crippen LogP contribution in [0.2, 0.25) is 0 Å². The predicted octanol–water partition coefficient (Wildman–Crippen LogP) is 3.13. The fourth-order valence-electron chi connectivity index (χ4n) is 1.72. The third kappa shape index (κ3) is 4.50. The first-order valence-corrected chi connectivity index (χ1v) is 6.39. The van der Waals surface area contributed by atoms with Crippen LogP contribution in [0.25, 0.3) is 0 Å². The van der Waals surface area contributed by atoms with E-state index < -0.39 is 0 Å². The third-order valence-corrected chi connectivity index (χ3v) is 2.93. The molecule has 0 spiro atoms. The number of hydrogen-bond acceptors (Lipinski definition) is 2. The maximum atomic E-state index is 5.79. The summed E-state index contributed by atoms with van der Waals surface area (Å²) < 4.78 is 0. The number of alkyl halides is 1. The molecule has 1 rings (SSSR count). The molecule has 2 nitrogen and oxygen atoms in total. The standard InChI is InChI=1S/C13H21ClN2/c1-10(2)13(7-8-14)15-9-12-6-4-5-11(3)16-12/h4-6,10,13,15H,7-9H2,1-3H3. The van der Waals surface area contributed by atoms with Gasteiger partial charge in [-0.3, -0.25) is 4.98 Å². The van der Waals surface area contributed by atoms with Crippen molar-refractivity contribution in [3.8, 4) is 0 Å². The van der Waals surface area contributed by atoms with Gasteiger partial charge in [0.15, 0.2) is 0 Å². The molecule has 0 saturated carbocycles. The van der Waals surface area contributed by atoms with Crippen molar-refractivity contribution < 1.29 is 0 Å². The van der Waals surface area contributed by atoms with E-state index in [1.165, 1.54) is 0 Å². The van der Waals surface area contributed by atoms with Crippen LogP contribution in [0.3, 0.4) is 0 Å². The molecule has 1 unspecified atom stereocenters. The molecule has 0 aliphatic heterocycles. The fraction of sp³-hybridized carbons (Fsp3) is 0.615. The lowest BCUT2D eigenvalue weighted by atomic mass is 10.0. The minimum Gasteiger partial charge on any atom is -0.308 e. The van der Waals surface area contributed by atoms with Gasteiger partial charge in [-0.25, -0.2) is 0 Å². The minimum atomic E-state index is 0.472. The van der Waals surface area contributed by atoms with Gasteiger partial charge in [-0.1, -0.05) is 19.9 Å². The Balaban J connectivity index is 2.48. The Bertz CT molecular complexity index is 313. The summed E-state index contributed by atoms with van der Waals surface area (Å²) in [6.07, 6.45) is 1.00. The summed E-state index contributed by atoms with van der Waals surface area (Å²) in [5.74, 6) is 1.31. The zero-order chi connectivity index (χ0) is 12.0. The van der Waals surface area contributed by atoms with Crippen molar-refractivity contribution in [1.29, 1.82) is 0 Å². The molecule has 3 heteroatoms. The summed E-state index contributed by atoms with van der Waals surface area (Å²) in [7, 11) is 0. The van der Waals surface area contributed by atoms with Crippen LogP contribution < -0.4 is 5.32 Å². The lowest BCUT2D eigenvalue weighted by Crippen LogP contribution is -2.34. The Morgan fingerprint density at radius 3 is 2.69 bits per heavy atom. The topological polar surface area (TPSA) is 24.9 Å². The van der Waals surface area contributed by atoms with Crippen molar-refractivity contribution in [2.75, 3.05) is 5.88 Å². The highest BCUT2D eigenvalue weighted by molar-refractivity contribution is 6.17. The summed E-state index contributed by atoms with van der Waals surface area (Å²) in [4.78, 5) is 4.47. The summed E-state index contributed by atoms with van der Waals surface area (Å²) in [6.45, 7) is 7.27. The molecule has 0 bridgehead atoms. The zero-order valence-electron chi connectivity index (χ0n) is 10.3. The van der Waals surface area contributed by atoms with Crippen LogP contribution >= 0.6 is 11.6 Å². The van der Waals surface area contributed by atoms with Crippen LogP contribution in [0.5, 0.6) is 0 Å². The number of nitrogens with one attached hydrogen (secondary N) is 1. The van der Waals surface area contributed by atoms with Gasteiger partial charge < -0.3 is 5.32 Å². The second-order valence-electron chi connectivity index (χ2n) is 4.48. The van der Waals surface area contributed by atoms with E-state index in [1.807, 2.05) is 19.1 Å². The van der Waals surface area contributed by atoms with Crippen molar-refractivity contribution in [2.45, 2.75) is 39.8 Å². The van der Waals surface area contributed by atoms with Crippen LogP contribution in [-0.4, -0.2) is 16.9 Å². The quantitative estimate of drug-likeness (QED) is 0.773. The highest BCUT2D eigenvalue weighted by Gasteiger charge is 2.11. The molecular formula is C13H21ClN2. The average Bonchev–Trinajstić information content (AvgIpc) is 2.24. The maximum absolute atomic E-state index is 5.79. The molecule has 1 N–H and O–H groups in total. The molecule has 1 heterocycles. The molecule has 0 aliphatic carbocycles. The molecule has 1 atom stereocenters. The Hall–Kier alpha value is -0.600. The van der Waals surface area contributed by atoms with E-state index in [0.717, 1.165) is 24.4 Å². The second-order valence-corrected chi connectivity index (χ2v) is 4.86. The van der Waals surface area contributed by atoms with Gasteiger partial charge in [0.1, 0.15) is 0 Å². The van der Waals surface area contributed by atoms with Crippen LogP contribution in [-0.2, 0) is 6.54 Å². The average molecular weight is 241 g/mol. The van der Waals surface area contributed by atoms with E-state index >= 15 is 0 Å². The molecule has 1 aromatic rings. The largest absolute Gasteiger partial charge is 0.308 e. The number of nitrogens with zero attached hydrogens (tertiary/aromatic N) is 1. The summed E-state index contributed by atoms with van der Waals surface area (Å²) in [5, 5.41) is 3.52. The van der Waals surface area contributed by atoms with Gasteiger partial charge >= 0.3 is 0 Å². The Morgan fingerprint density at radius 2 is 2.12 bits per heavy atom. The third-order valence-electron chi connectivity index (χ3n) is 2.72. The molecule has 90 valence electrons. The molecule has 0 amide bonds. The van der Waals surface area contributed by atoms with E-state index in [-0.39, 0.29) is 0 Å². The molecular weight excluding hydrogens is 220 g/mol. The first-order valence-electron chi connectivity index (χ1n) is 5.85. The highest BCUT2D eigenvalue weighted by atomic mass is 35.5. The van der Waals surface area contributed by atoms with Crippen LogP contribution in [0.4, 0.5) is 0 Å². The maximum Gasteiger partial charge on any atom is 0.0544 e. The zero-order valence-corrected chi connectivity index (χ0v) is 11.1. The van der Waals surface area contributed by atoms with Gasteiger partial charge in [0.25, 0.3) is 0 Å². The van der Waals surface area contributed by atoms with Crippen molar-refractivity contribution >= 4 is 11.6 Å². The first kappa shape index (κ1) is 13.5. The van der Waals surface area contributed by atoms with Gasteiger partial charge in [0, 0.05) is 24.2 Å². The van der Waals surface area contributed by atoms with E-state index in [1.54, 1.807) is 0 Å². The summed E-state index contributed by atoms with van der Waals surface area (Å²) in [6, 6.07) is 6.59. The Morgan fingerprint density at radius 1 is 1.38 bits per heavy atom. The molecule has 0 saturated heterocycles. The molecule has 16 heavy (non-hydrogen) atoms. The van der Waals surface area contributed by atoms with Gasteiger partial charge in [0.05, 0.1) is 5.69 Å². The smallest absolute Gasteiger partial charge is 0.0544 e. The van der Waals surface area contributed by atoms with Gasteiger partial charge in [-0.2, -0.15) is 0 Å². The number of aryl methyl sites for hydroxylation is 1. The number of halogens is 1. The highest BCUT2D eigenvalue weighted by Crippen LogP contribution is 2.08. The van der Waals surface area contributed by atoms with Crippen molar-refractivity contribution in [3.05, 3.63) is 29.6 Å². The molecule has 0 aliphatic rings. The van der Waals surface area contributed by atoms with Crippen LogP contribution in [0, 0.1) is 12.8 Å². The van der Waals surface area contributed by atoms with Crippen molar-refractivity contribution in [1.82, 2.24) is 10.3 Å². The minimum absolute atomic E-state index is 0.472. The fourth-order valence-corrected chi connectivity index (χ4v) is 1.96. The van der Waals surface area contributed by atoms with Crippen LogP contribution in [0.1, 0.15) is 31.7 Å². The van der Waals surface area contributed by atoms with Gasteiger partial charge in [0.2, 0.25) is 0 Å². The van der Waals surface area contributed by atoms with Crippen LogP contribution in [0.15, 0.2) is 18.2 Å². The normalized spacial score (nSPS) is 13.1. The molecule has 0 fully saturated rings. The van der Waals surface area contributed by atoms with Gasteiger partial charge in [-0.15, -0.1) is 11.6 Å².